The summed E-state index contributed by atoms with van der Waals surface area (Å²) in [6, 6.07) is 7.51. The maximum Gasteiger partial charge on any atom is 0.331 e. The van der Waals surface area contributed by atoms with Crippen molar-refractivity contribution in [2.45, 2.75) is 51.7 Å². The summed E-state index contributed by atoms with van der Waals surface area (Å²) in [5.74, 6) is 0.405. The lowest BCUT2D eigenvalue weighted by atomic mass is 9.86. The van der Waals surface area contributed by atoms with Gasteiger partial charge in [-0.15, -0.1) is 0 Å². The molecule has 1 aromatic carbocycles. The molecule has 0 radical (unpaired) electrons. The Hall–Kier alpha value is -2.30. The second-order valence-electron chi connectivity index (χ2n) is 6.57. The monoisotopic (exact) mass is 345 g/mol. The van der Waals surface area contributed by atoms with Gasteiger partial charge in [0.15, 0.2) is 6.10 Å². The summed E-state index contributed by atoms with van der Waals surface area (Å²) in [6.07, 6.45) is 6.61. The summed E-state index contributed by atoms with van der Waals surface area (Å²) in [4.78, 5) is 24.1. The molecule has 25 heavy (non-hydrogen) atoms. The van der Waals surface area contributed by atoms with Crippen LogP contribution in [0.3, 0.4) is 0 Å². The Morgan fingerprint density at radius 3 is 2.76 bits per heavy atom. The lowest BCUT2D eigenvalue weighted by Crippen LogP contribution is -2.45. The lowest BCUT2D eigenvalue weighted by Gasteiger charge is -2.30. The number of nitrogens with one attached hydrogen (secondary N) is 1. The minimum absolute atomic E-state index is 0.176. The second-order valence-corrected chi connectivity index (χ2v) is 6.57. The summed E-state index contributed by atoms with van der Waals surface area (Å²) >= 11 is 0. The lowest BCUT2D eigenvalue weighted by molar-refractivity contribution is -0.150. The molecule has 0 bridgehead atoms. The number of ether oxygens (including phenoxy) is 2. The van der Waals surface area contributed by atoms with Crippen molar-refractivity contribution >= 4 is 18.0 Å². The smallest absolute Gasteiger partial charge is 0.331 e. The first-order chi connectivity index (χ1) is 12.0. The maximum absolute atomic E-state index is 12.2. The summed E-state index contributed by atoms with van der Waals surface area (Å²) in [6.45, 7) is 3.75. The fraction of sp³-hybridized carbons (Fsp3) is 0.500. The molecule has 0 heterocycles. The molecule has 0 spiro atoms. The number of carbonyl (C=O) groups is 2. The predicted molar refractivity (Wildman–Crippen MR) is 97.1 cm³/mol. The Kier molecular flexibility index (Phi) is 7.04. The van der Waals surface area contributed by atoms with E-state index in [0.717, 1.165) is 24.8 Å². The van der Waals surface area contributed by atoms with Crippen molar-refractivity contribution in [3.8, 4) is 5.75 Å². The van der Waals surface area contributed by atoms with Gasteiger partial charge in [0.05, 0.1) is 7.11 Å². The van der Waals surface area contributed by atoms with Crippen LogP contribution in [-0.2, 0) is 14.3 Å². The Labute approximate surface area is 149 Å². The van der Waals surface area contributed by atoms with E-state index in [1.807, 2.05) is 24.3 Å². The molecule has 1 N–H and O–H groups in total. The highest BCUT2D eigenvalue weighted by Crippen LogP contribution is 2.23. The van der Waals surface area contributed by atoms with Gasteiger partial charge in [-0.2, -0.15) is 0 Å². The largest absolute Gasteiger partial charge is 0.497 e. The number of carbonyl (C=O) groups excluding carboxylic acids is 2. The quantitative estimate of drug-likeness (QED) is 0.634. The van der Waals surface area contributed by atoms with Crippen LogP contribution in [0.15, 0.2) is 30.3 Å². The number of methoxy groups -OCH3 is 1. The fourth-order valence-electron chi connectivity index (χ4n) is 3.01. The average molecular weight is 345 g/mol. The molecule has 1 fully saturated rings. The maximum atomic E-state index is 12.2. The summed E-state index contributed by atoms with van der Waals surface area (Å²) in [5.41, 5.74) is 0.824. The molecule has 0 aromatic heterocycles. The van der Waals surface area contributed by atoms with Crippen LogP contribution in [-0.4, -0.2) is 31.1 Å². The van der Waals surface area contributed by atoms with E-state index in [9.17, 15) is 9.59 Å². The van der Waals surface area contributed by atoms with Crippen molar-refractivity contribution in [2.24, 2.45) is 5.92 Å². The molecular formula is C20H27NO4. The van der Waals surface area contributed by atoms with E-state index in [2.05, 4.69) is 12.2 Å². The number of benzene rings is 1. The molecular weight excluding hydrogens is 318 g/mol. The van der Waals surface area contributed by atoms with Gasteiger partial charge in [-0.25, -0.2) is 4.79 Å². The normalized spacial score (nSPS) is 21.6. The summed E-state index contributed by atoms with van der Waals surface area (Å²) < 4.78 is 10.3. The highest BCUT2D eigenvalue weighted by atomic mass is 16.5. The van der Waals surface area contributed by atoms with Gasteiger partial charge in [0.1, 0.15) is 5.75 Å². The number of amides is 1. The Balaban J connectivity index is 1.84. The number of hydrogen-bond acceptors (Lipinski definition) is 4. The highest BCUT2D eigenvalue weighted by molar-refractivity contribution is 5.90. The summed E-state index contributed by atoms with van der Waals surface area (Å²) in [7, 11) is 1.59. The van der Waals surface area contributed by atoms with E-state index in [0.29, 0.717) is 11.7 Å². The standard InChI is InChI=1S/C20H27NO4/c1-14-7-4-5-10-18(14)21-20(23)15(2)25-19(22)12-11-16-8-6-9-17(13-16)24-3/h6,8-9,11-15,18H,4-5,7,10H2,1-3H3,(H,21,23)/b12-11+/t14-,15+,18-/m0/s1. The molecule has 5 heteroatoms. The fourth-order valence-corrected chi connectivity index (χ4v) is 3.01. The van der Waals surface area contributed by atoms with Crippen LogP contribution < -0.4 is 10.1 Å². The van der Waals surface area contributed by atoms with E-state index in [4.69, 9.17) is 9.47 Å². The van der Waals surface area contributed by atoms with E-state index in [1.54, 1.807) is 20.1 Å². The van der Waals surface area contributed by atoms with Crippen molar-refractivity contribution in [2.75, 3.05) is 7.11 Å². The van der Waals surface area contributed by atoms with Crippen LogP contribution in [0, 0.1) is 5.92 Å². The molecule has 0 aliphatic heterocycles. The summed E-state index contributed by atoms with van der Waals surface area (Å²) in [5, 5.41) is 3.01. The second kappa shape index (κ2) is 9.25. The molecule has 0 unspecified atom stereocenters. The van der Waals surface area contributed by atoms with Gasteiger partial charge in [0, 0.05) is 12.1 Å². The molecule has 1 aliphatic carbocycles. The Morgan fingerprint density at radius 2 is 2.04 bits per heavy atom. The van der Waals surface area contributed by atoms with Crippen molar-refractivity contribution in [1.82, 2.24) is 5.32 Å². The first kappa shape index (κ1) is 19.0. The molecule has 136 valence electrons. The first-order valence-electron chi connectivity index (χ1n) is 8.82. The van der Waals surface area contributed by atoms with Crippen LogP contribution in [0.25, 0.3) is 6.08 Å². The van der Waals surface area contributed by atoms with Crippen LogP contribution in [0.4, 0.5) is 0 Å². The molecule has 1 aliphatic rings. The highest BCUT2D eigenvalue weighted by Gasteiger charge is 2.25. The number of hydrogen-bond donors (Lipinski definition) is 1. The Morgan fingerprint density at radius 1 is 1.28 bits per heavy atom. The molecule has 2 rings (SSSR count). The van der Waals surface area contributed by atoms with E-state index < -0.39 is 12.1 Å². The Bertz CT molecular complexity index is 626. The van der Waals surface area contributed by atoms with Crippen LogP contribution in [0.2, 0.25) is 0 Å². The van der Waals surface area contributed by atoms with Gasteiger partial charge >= 0.3 is 5.97 Å². The van der Waals surface area contributed by atoms with Crippen molar-refractivity contribution < 1.29 is 19.1 Å². The molecule has 1 amide bonds. The molecule has 3 atom stereocenters. The molecule has 1 saturated carbocycles. The van der Waals surface area contributed by atoms with Gasteiger partial charge < -0.3 is 14.8 Å². The molecule has 5 nitrogen and oxygen atoms in total. The zero-order valence-electron chi connectivity index (χ0n) is 15.2. The predicted octanol–water partition coefficient (Wildman–Crippen LogP) is 3.34. The van der Waals surface area contributed by atoms with Crippen LogP contribution >= 0.6 is 0 Å². The minimum Gasteiger partial charge on any atom is -0.497 e. The third-order valence-corrected chi connectivity index (χ3v) is 4.61. The topological polar surface area (TPSA) is 64.6 Å². The van der Waals surface area contributed by atoms with Gasteiger partial charge in [-0.3, -0.25) is 4.79 Å². The van der Waals surface area contributed by atoms with E-state index >= 15 is 0 Å². The number of rotatable bonds is 6. The van der Waals surface area contributed by atoms with E-state index in [-0.39, 0.29) is 11.9 Å². The van der Waals surface area contributed by atoms with Crippen LogP contribution in [0.5, 0.6) is 5.75 Å². The van der Waals surface area contributed by atoms with Gasteiger partial charge in [-0.05, 0) is 49.5 Å². The van der Waals surface area contributed by atoms with Crippen molar-refractivity contribution in [3.05, 3.63) is 35.9 Å². The minimum atomic E-state index is -0.809. The molecule has 0 saturated heterocycles. The number of esters is 1. The zero-order chi connectivity index (χ0) is 18.2. The van der Waals surface area contributed by atoms with E-state index in [1.165, 1.54) is 12.5 Å². The SMILES string of the molecule is COc1cccc(/C=C/C(=O)O[C@H](C)C(=O)N[C@H]2CCCC[C@@H]2C)c1. The zero-order valence-corrected chi connectivity index (χ0v) is 15.2. The molecule has 1 aromatic rings. The van der Waals surface area contributed by atoms with Crippen LogP contribution in [0.1, 0.15) is 45.1 Å². The van der Waals surface area contributed by atoms with Crippen molar-refractivity contribution in [3.63, 3.8) is 0 Å². The average Bonchev–Trinajstić information content (AvgIpc) is 2.62. The first-order valence-corrected chi connectivity index (χ1v) is 8.82. The van der Waals surface area contributed by atoms with Gasteiger partial charge in [-0.1, -0.05) is 31.9 Å². The van der Waals surface area contributed by atoms with Crippen molar-refractivity contribution in [1.29, 1.82) is 0 Å². The third-order valence-electron chi connectivity index (χ3n) is 4.61. The van der Waals surface area contributed by atoms with Gasteiger partial charge in [0.25, 0.3) is 5.91 Å². The third kappa shape index (κ3) is 5.93. The van der Waals surface area contributed by atoms with Gasteiger partial charge in [0.2, 0.25) is 0 Å².